The standard InChI is InChI=1S/C17H33NO/c1-14(2)15-8-10-16(11-9-15)18-12-13-19-17-6-4-3-5-7-17/h14-18H,3-13H2,1-2H3. The molecule has 0 amide bonds. The molecule has 0 spiro atoms. The van der Waals surface area contributed by atoms with Gasteiger partial charge in [0.05, 0.1) is 12.7 Å². The lowest BCUT2D eigenvalue weighted by Gasteiger charge is -2.31. The Morgan fingerprint density at radius 1 is 0.947 bits per heavy atom. The maximum absolute atomic E-state index is 5.97. The van der Waals surface area contributed by atoms with Crippen LogP contribution in [0.4, 0.5) is 0 Å². The zero-order valence-electron chi connectivity index (χ0n) is 13.0. The maximum atomic E-state index is 5.97. The average Bonchev–Trinajstić information content (AvgIpc) is 2.45. The molecule has 0 saturated heterocycles. The molecular weight excluding hydrogens is 234 g/mol. The first-order chi connectivity index (χ1) is 9.25. The second-order valence-electron chi connectivity index (χ2n) is 6.94. The Hall–Kier alpha value is -0.0800. The van der Waals surface area contributed by atoms with Crippen molar-refractivity contribution in [1.82, 2.24) is 5.32 Å². The monoisotopic (exact) mass is 267 g/mol. The molecule has 2 fully saturated rings. The van der Waals surface area contributed by atoms with E-state index in [-0.39, 0.29) is 0 Å². The predicted molar refractivity (Wildman–Crippen MR) is 81.4 cm³/mol. The topological polar surface area (TPSA) is 21.3 Å². The lowest BCUT2D eigenvalue weighted by molar-refractivity contribution is 0.0286. The minimum atomic E-state index is 0.562. The summed E-state index contributed by atoms with van der Waals surface area (Å²) in [5, 5.41) is 3.70. The van der Waals surface area contributed by atoms with Gasteiger partial charge in [0.2, 0.25) is 0 Å². The SMILES string of the molecule is CC(C)C1CCC(NCCOC2CCCCC2)CC1. The van der Waals surface area contributed by atoms with Crippen molar-refractivity contribution in [1.29, 1.82) is 0 Å². The Kier molecular flexibility index (Phi) is 6.66. The summed E-state index contributed by atoms with van der Waals surface area (Å²) in [7, 11) is 0. The zero-order valence-corrected chi connectivity index (χ0v) is 13.0. The fourth-order valence-corrected chi connectivity index (χ4v) is 3.71. The van der Waals surface area contributed by atoms with Gasteiger partial charge in [-0.05, 0) is 50.4 Å². The highest BCUT2D eigenvalue weighted by Gasteiger charge is 2.22. The second-order valence-corrected chi connectivity index (χ2v) is 6.94. The molecule has 2 aliphatic rings. The fraction of sp³-hybridized carbons (Fsp3) is 1.00. The van der Waals surface area contributed by atoms with E-state index in [2.05, 4.69) is 19.2 Å². The second kappa shape index (κ2) is 8.26. The third-order valence-corrected chi connectivity index (χ3v) is 5.16. The summed E-state index contributed by atoms with van der Waals surface area (Å²) in [5.74, 6) is 1.84. The van der Waals surface area contributed by atoms with Gasteiger partial charge in [-0.2, -0.15) is 0 Å². The zero-order chi connectivity index (χ0) is 13.5. The molecule has 19 heavy (non-hydrogen) atoms. The number of rotatable bonds is 6. The van der Waals surface area contributed by atoms with E-state index in [9.17, 15) is 0 Å². The van der Waals surface area contributed by atoms with Crippen LogP contribution in [0.1, 0.15) is 71.6 Å². The highest BCUT2D eigenvalue weighted by atomic mass is 16.5. The van der Waals surface area contributed by atoms with E-state index >= 15 is 0 Å². The highest BCUT2D eigenvalue weighted by molar-refractivity contribution is 4.78. The lowest BCUT2D eigenvalue weighted by Crippen LogP contribution is -2.36. The Morgan fingerprint density at radius 2 is 1.63 bits per heavy atom. The van der Waals surface area contributed by atoms with E-state index in [1.165, 1.54) is 57.8 Å². The van der Waals surface area contributed by atoms with Crippen LogP contribution in [0, 0.1) is 11.8 Å². The molecular formula is C17H33NO. The maximum Gasteiger partial charge on any atom is 0.0594 e. The Morgan fingerprint density at radius 3 is 2.26 bits per heavy atom. The van der Waals surface area contributed by atoms with E-state index in [4.69, 9.17) is 4.74 Å². The van der Waals surface area contributed by atoms with Crippen LogP contribution in [0.3, 0.4) is 0 Å². The molecule has 0 atom stereocenters. The van der Waals surface area contributed by atoms with Crippen molar-refractivity contribution < 1.29 is 4.74 Å². The van der Waals surface area contributed by atoms with Crippen LogP contribution in [-0.2, 0) is 4.74 Å². The van der Waals surface area contributed by atoms with Gasteiger partial charge in [0.15, 0.2) is 0 Å². The van der Waals surface area contributed by atoms with Crippen molar-refractivity contribution in [3.05, 3.63) is 0 Å². The van der Waals surface area contributed by atoms with Crippen molar-refractivity contribution in [2.45, 2.75) is 83.8 Å². The Bertz CT molecular complexity index is 227. The molecule has 2 heteroatoms. The number of nitrogens with one attached hydrogen (secondary N) is 1. The molecule has 0 heterocycles. The van der Waals surface area contributed by atoms with Crippen LogP contribution in [0.5, 0.6) is 0 Å². The lowest BCUT2D eigenvalue weighted by atomic mass is 9.80. The van der Waals surface area contributed by atoms with Crippen LogP contribution < -0.4 is 5.32 Å². The molecule has 0 aromatic rings. The highest BCUT2D eigenvalue weighted by Crippen LogP contribution is 2.29. The van der Waals surface area contributed by atoms with Gasteiger partial charge in [-0.15, -0.1) is 0 Å². The molecule has 0 aliphatic heterocycles. The molecule has 0 unspecified atom stereocenters. The van der Waals surface area contributed by atoms with Crippen molar-refractivity contribution in [2.75, 3.05) is 13.2 Å². The van der Waals surface area contributed by atoms with Crippen molar-refractivity contribution in [3.8, 4) is 0 Å². The van der Waals surface area contributed by atoms with Gasteiger partial charge in [0, 0.05) is 12.6 Å². The first kappa shape index (κ1) is 15.3. The Balaban J connectivity index is 1.49. The minimum Gasteiger partial charge on any atom is -0.377 e. The molecule has 112 valence electrons. The van der Waals surface area contributed by atoms with E-state index < -0.39 is 0 Å². The van der Waals surface area contributed by atoms with Crippen LogP contribution in [0.25, 0.3) is 0 Å². The van der Waals surface area contributed by atoms with E-state index in [0.29, 0.717) is 6.10 Å². The third kappa shape index (κ3) is 5.43. The summed E-state index contributed by atoms with van der Waals surface area (Å²) in [6.45, 7) is 6.70. The molecule has 0 radical (unpaired) electrons. The fourth-order valence-electron chi connectivity index (χ4n) is 3.71. The average molecular weight is 267 g/mol. The van der Waals surface area contributed by atoms with E-state index in [1.807, 2.05) is 0 Å². The van der Waals surface area contributed by atoms with Gasteiger partial charge in [0.25, 0.3) is 0 Å². The largest absolute Gasteiger partial charge is 0.377 e. The van der Waals surface area contributed by atoms with Gasteiger partial charge in [-0.1, -0.05) is 33.1 Å². The smallest absolute Gasteiger partial charge is 0.0594 e. The summed E-state index contributed by atoms with van der Waals surface area (Å²) in [4.78, 5) is 0. The van der Waals surface area contributed by atoms with Crippen LogP contribution >= 0.6 is 0 Å². The molecule has 2 saturated carbocycles. The van der Waals surface area contributed by atoms with Crippen molar-refractivity contribution >= 4 is 0 Å². The Labute approximate surface area is 119 Å². The summed E-state index contributed by atoms with van der Waals surface area (Å²) in [5.41, 5.74) is 0. The van der Waals surface area contributed by atoms with Gasteiger partial charge < -0.3 is 10.1 Å². The van der Waals surface area contributed by atoms with E-state index in [1.54, 1.807) is 0 Å². The number of ether oxygens (including phenoxy) is 1. The predicted octanol–water partition coefficient (Wildman–Crippen LogP) is 4.14. The third-order valence-electron chi connectivity index (χ3n) is 5.16. The minimum absolute atomic E-state index is 0.562. The summed E-state index contributed by atoms with van der Waals surface area (Å²) >= 11 is 0. The summed E-state index contributed by atoms with van der Waals surface area (Å²) in [6.07, 6.45) is 12.9. The molecule has 1 N–H and O–H groups in total. The molecule has 2 rings (SSSR count). The van der Waals surface area contributed by atoms with E-state index in [0.717, 1.165) is 31.0 Å². The quantitative estimate of drug-likeness (QED) is 0.730. The van der Waals surface area contributed by atoms with Gasteiger partial charge in [0.1, 0.15) is 0 Å². The number of hydrogen-bond acceptors (Lipinski definition) is 2. The van der Waals surface area contributed by atoms with Gasteiger partial charge >= 0.3 is 0 Å². The first-order valence-corrected chi connectivity index (χ1v) is 8.60. The molecule has 0 aromatic carbocycles. The van der Waals surface area contributed by atoms with Crippen molar-refractivity contribution in [3.63, 3.8) is 0 Å². The molecule has 0 aromatic heterocycles. The molecule has 2 nitrogen and oxygen atoms in total. The van der Waals surface area contributed by atoms with Gasteiger partial charge in [-0.25, -0.2) is 0 Å². The van der Waals surface area contributed by atoms with Crippen molar-refractivity contribution in [2.24, 2.45) is 11.8 Å². The number of hydrogen-bond donors (Lipinski definition) is 1. The molecule has 0 bridgehead atoms. The first-order valence-electron chi connectivity index (χ1n) is 8.60. The molecule has 2 aliphatic carbocycles. The van der Waals surface area contributed by atoms with Crippen LogP contribution in [0.2, 0.25) is 0 Å². The summed E-state index contributed by atoms with van der Waals surface area (Å²) < 4.78 is 5.97. The van der Waals surface area contributed by atoms with Crippen LogP contribution in [0.15, 0.2) is 0 Å². The summed E-state index contributed by atoms with van der Waals surface area (Å²) in [6, 6.07) is 0.755. The van der Waals surface area contributed by atoms with Gasteiger partial charge in [-0.3, -0.25) is 0 Å². The van der Waals surface area contributed by atoms with Crippen LogP contribution in [-0.4, -0.2) is 25.3 Å². The normalized spacial score (nSPS) is 29.8.